The molecule has 7 nitrogen and oxygen atoms in total. The fraction of sp³-hybridized carbons (Fsp3) is 0.0833. The number of alkyl halides is 2. The van der Waals surface area contributed by atoms with E-state index in [-0.39, 0.29) is 17.0 Å². The molecule has 2 aromatic heterocycles. The van der Waals surface area contributed by atoms with Crippen molar-refractivity contribution in [1.82, 2.24) is 24.9 Å². The zero-order chi connectivity index (χ0) is 22.9. The fourth-order valence-corrected chi connectivity index (χ4v) is 3.66. The lowest BCUT2D eigenvalue weighted by molar-refractivity contribution is 0.0736. The van der Waals surface area contributed by atoms with Gasteiger partial charge in [-0.3, -0.25) is 9.59 Å². The Morgan fingerprint density at radius 1 is 0.970 bits per heavy atom. The third-order valence-corrected chi connectivity index (χ3v) is 5.29. The Kier molecular flexibility index (Phi) is 5.14. The Balaban J connectivity index is 1.48. The van der Waals surface area contributed by atoms with Gasteiger partial charge >= 0.3 is 0 Å². The number of halogens is 2. The van der Waals surface area contributed by atoms with Gasteiger partial charge in [0.15, 0.2) is 0 Å². The smallest absolute Gasteiger partial charge is 0.293 e. The maximum atomic E-state index is 13.6. The molecule has 1 atom stereocenters. The van der Waals surface area contributed by atoms with Gasteiger partial charge in [-0.25, -0.2) is 13.3 Å². The van der Waals surface area contributed by atoms with Gasteiger partial charge in [0.2, 0.25) is 11.5 Å². The number of nitrogens with one attached hydrogen (secondary N) is 2. The van der Waals surface area contributed by atoms with E-state index in [0.29, 0.717) is 5.69 Å². The van der Waals surface area contributed by atoms with E-state index in [4.69, 9.17) is 0 Å². The maximum absolute atomic E-state index is 13.6. The molecule has 164 valence electrons. The van der Waals surface area contributed by atoms with Crippen LogP contribution < -0.4 is 10.9 Å². The Labute approximate surface area is 185 Å². The highest BCUT2D eigenvalue weighted by Gasteiger charge is 2.26. The molecule has 0 spiro atoms. The summed E-state index contributed by atoms with van der Waals surface area (Å²) in [6.45, 7) is 0. The predicted octanol–water partition coefficient (Wildman–Crippen LogP) is 3.97. The van der Waals surface area contributed by atoms with Gasteiger partial charge in [0, 0.05) is 5.56 Å². The first kappa shape index (κ1) is 20.5. The first-order valence-electron chi connectivity index (χ1n) is 10.1. The van der Waals surface area contributed by atoms with Crippen LogP contribution in [0, 0.1) is 0 Å². The van der Waals surface area contributed by atoms with E-state index in [1.54, 1.807) is 18.2 Å². The van der Waals surface area contributed by atoms with E-state index in [1.165, 1.54) is 22.8 Å². The SMILES string of the molecule is O=C(NC(c1ccccc1)C(F)F)c1nc2c(=O)[nH]c(-c3ccc4ccccc4c3)cn2n1. The minimum absolute atomic E-state index is 0.113. The number of hydrogen-bond acceptors (Lipinski definition) is 4. The van der Waals surface area contributed by atoms with Crippen molar-refractivity contribution in [3.8, 4) is 11.3 Å². The topological polar surface area (TPSA) is 92.1 Å². The van der Waals surface area contributed by atoms with E-state index in [0.717, 1.165) is 16.3 Å². The third-order valence-electron chi connectivity index (χ3n) is 5.29. The average Bonchev–Trinajstić information content (AvgIpc) is 3.27. The van der Waals surface area contributed by atoms with Crippen molar-refractivity contribution in [3.05, 3.63) is 101 Å². The molecular formula is C24H17F2N5O2. The Morgan fingerprint density at radius 3 is 2.45 bits per heavy atom. The number of carbonyl (C=O) groups excluding carboxylic acids is 1. The second-order valence-electron chi connectivity index (χ2n) is 7.46. The molecule has 5 rings (SSSR count). The lowest BCUT2D eigenvalue weighted by Crippen LogP contribution is -2.33. The van der Waals surface area contributed by atoms with Crippen molar-refractivity contribution in [2.45, 2.75) is 12.5 Å². The number of carbonyl (C=O) groups is 1. The summed E-state index contributed by atoms with van der Waals surface area (Å²) in [5.74, 6) is -1.28. The van der Waals surface area contributed by atoms with Crippen LogP contribution in [0.5, 0.6) is 0 Å². The lowest BCUT2D eigenvalue weighted by atomic mass is 10.1. The van der Waals surface area contributed by atoms with Gasteiger partial charge in [-0.15, -0.1) is 5.10 Å². The first-order valence-corrected chi connectivity index (χ1v) is 10.1. The van der Waals surface area contributed by atoms with Gasteiger partial charge in [-0.2, -0.15) is 4.98 Å². The Morgan fingerprint density at radius 2 is 1.70 bits per heavy atom. The molecule has 0 aliphatic rings. The van der Waals surface area contributed by atoms with Crippen LogP contribution in [-0.2, 0) is 0 Å². The molecule has 0 bridgehead atoms. The molecule has 9 heteroatoms. The van der Waals surface area contributed by atoms with Crippen LogP contribution >= 0.6 is 0 Å². The van der Waals surface area contributed by atoms with Crippen LogP contribution in [0.1, 0.15) is 22.2 Å². The van der Waals surface area contributed by atoms with Gasteiger partial charge in [-0.05, 0) is 22.4 Å². The van der Waals surface area contributed by atoms with Crippen LogP contribution in [0.25, 0.3) is 27.7 Å². The van der Waals surface area contributed by atoms with E-state index >= 15 is 0 Å². The highest BCUT2D eigenvalue weighted by Crippen LogP contribution is 2.23. The van der Waals surface area contributed by atoms with Crippen LogP contribution in [0.15, 0.2) is 83.8 Å². The van der Waals surface area contributed by atoms with Crippen molar-refractivity contribution in [2.75, 3.05) is 0 Å². The van der Waals surface area contributed by atoms with Gasteiger partial charge in [0.1, 0.15) is 6.04 Å². The summed E-state index contributed by atoms with van der Waals surface area (Å²) in [6, 6.07) is 19.9. The van der Waals surface area contributed by atoms with Gasteiger partial charge in [-0.1, -0.05) is 66.7 Å². The zero-order valence-electron chi connectivity index (χ0n) is 17.1. The molecule has 0 radical (unpaired) electrons. The number of aromatic nitrogens is 4. The minimum Gasteiger partial charge on any atom is -0.337 e. The molecule has 33 heavy (non-hydrogen) atoms. The summed E-state index contributed by atoms with van der Waals surface area (Å²) in [4.78, 5) is 31.9. The second-order valence-corrected chi connectivity index (χ2v) is 7.46. The largest absolute Gasteiger partial charge is 0.337 e. The highest BCUT2D eigenvalue weighted by atomic mass is 19.3. The van der Waals surface area contributed by atoms with Gasteiger partial charge in [0.25, 0.3) is 17.9 Å². The number of H-pyrrole nitrogens is 1. The average molecular weight is 445 g/mol. The maximum Gasteiger partial charge on any atom is 0.293 e. The van der Waals surface area contributed by atoms with Crippen LogP contribution in [0.2, 0.25) is 0 Å². The number of benzene rings is 3. The normalized spacial score (nSPS) is 12.3. The Hall–Kier alpha value is -4.40. The molecule has 2 N–H and O–H groups in total. The van der Waals surface area contributed by atoms with E-state index in [2.05, 4.69) is 20.4 Å². The van der Waals surface area contributed by atoms with Crippen molar-refractivity contribution < 1.29 is 13.6 Å². The second kappa shape index (κ2) is 8.27. The van der Waals surface area contributed by atoms with E-state index < -0.39 is 23.9 Å². The van der Waals surface area contributed by atoms with Crippen molar-refractivity contribution in [3.63, 3.8) is 0 Å². The van der Waals surface area contributed by atoms with E-state index in [9.17, 15) is 18.4 Å². The molecule has 0 saturated heterocycles. The van der Waals surface area contributed by atoms with Crippen molar-refractivity contribution in [1.29, 1.82) is 0 Å². The van der Waals surface area contributed by atoms with Gasteiger partial charge < -0.3 is 10.3 Å². The number of rotatable bonds is 5. The molecule has 5 aromatic rings. The molecule has 0 aliphatic carbocycles. The minimum atomic E-state index is -2.84. The zero-order valence-corrected chi connectivity index (χ0v) is 17.1. The molecule has 0 saturated carbocycles. The monoisotopic (exact) mass is 445 g/mol. The third kappa shape index (κ3) is 3.96. The standard InChI is InChI=1S/C24H17F2N5O2/c25-20(26)19(15-7-2-1-3-8-15)28-23(32)21-29-22-24(33)27-18(13-31(22)30-21)17-11-10-14-6-4-5-9-16(14)12-17/h1-13,19-20H,(H,27,33)(H,28,32). The molecule has 2 heterocycles. The number of hydrogen-bond donors (Lipinski definition) is 2. The van der Waals surface area contributed by atoms with Gasteiger partial charge in [0.05, 0.1) is 11.9 Å². The lowest BCUT2D eigenvalue weighted by Gasteiger charge is -2.17. The van der Waals surface area contributed by atoms with Crippen molar-refractivity contribution >= 4 is 22.3 Å². The molecule has 0 aliphatic heterocycles. The van der Waals surface area contributed by atoms with Crippen LogP contribution in [-0.4, -0.2) is 31.9 Å². The number of aromatic amines is 1. The molecule has 0 fully saturated rings. The highest BCUT2D eigenvalue weighted by molar-refractivity contribution is 5.91. The van der Waals surface area contributed by atoms with E-state index in [1.807, 2.05) is 42.5 Å². The molecule has 1 amide bonds. The van der Waals surface area contributed by atoms with Crippen molar-refractivity contribution in [2.24, 2.45) is 0 Å². The van der Waals surface area contributed by atoms with Crippen LogP contribution in [0.3, 0.4) is 0 Å². The fourth-order valence-electron chi connectivity index (χ4n) is 3.66. The predicted molar refractivity (Wildman–Crippen MR) is 119 cm³/mol. The Bertz CT molecular complexity index is 1530. The van der Waals surface area contributed by atoms with Crippen LogP contribution in [0.4, 0.5) is 8.78 Å². The quantitative estimate of drug-likeness (QED) is 0.428. The summed E-state index contributed by atoms with van der Waals surface area (Å²) in [6.07, 6.45) is -1.30. The summed E-state index contributed by atoms with van der Waals surface area (Å²) < 4.78 is 28.3. The number of fused-ring (bicyclic) bond motifs is 2. The summed E-state index contributed by atoms with van der Waals surface area (Å²) in [7, 11) is 0. The first-order chi connectivity index (χ1) is 16.0. The molecular weight excluding hydrogens is 428 g/mol. The molecule has 1 unspecified atom stereocenters. The number of nitrogens with zero attached hydrogens (tertiary/aromatic N) is 3. The molecule has 3 aromatic carbocycles. The summed E-state index contributed by atoms with van der Waals surface area (Å²) >= 11 is 0. The summed E-state index contributed by atoms with van der Waals surface area (Å²) in [5, 5.41) is 8.36. The summed E-state index contributed by atoms with van der Waals surface area (Å²) in [5.41, 5.74) is 0.806. The number of amides is 1.